The Morgan fingerprint density at radius 2 is 2.00 bits per heavy atom. The molecule has 0 aliphatic rings. The molecular weight excluding hydrogens is 294 g/mol. The highest BCUT2D eigenvalue weighted by Crippen LogP contribution is 2.10. The number of hydrazine groups is 1. The van der Waals surface area contributed by atoms with Crippen molar-refractivity contribution in [1.82, 2.24) is 16.2 Å². The maximum Gasteiger partial charge on any atom is 0.426 e. The first-order valence-corrected chi connectivity index (χ1v) is 7.40. The first kappa shape index (κ1) is 17.0. The Labute approximate surface area is 127 Å². The molecule has 1 atom stereocenters. The van der Waals surface area contributed by atoms with Gasteiger partial charge in [0.2, 0.25) is 0 Å². The van der Waals surface area contributed by atoms with Crippen molar-refractivity contribution < 1.29 is 19.1 Å². The van der Waals surface area contributed by atoms with E-state index >= 15 is 0 Å². The monoisotopic (exact) mass is 313 g/mol. The number of amides is 3. The highest BCUT2D eigenvalue weighted by molar-refractivity contribution is 7.12. The summed E-state index contributed by atoms with van der Waals surface area (Å²) in [6.07, 6.45) is -0.752. The van der Waals surface area contributed by atoms with Crippen LogP contribution >= 0.6 is 11.3 Å². The van der Waals surface area contributed by atoms with Crippen LogP contribution in [0.1, 0.15) is 30.4 Å². The molecule has 0 fully saturated rings. The molecule has 0 aliphatic heterocycles. The largest absolute Gasteiger partial charge is 0.449 e. The second kappa shape index (κ2) is 8.25. The summed E-state index contributed by atoms with van der Waals surface area (Å²) in [5.41, 5.74) is 4.34. The molecule has 7 nitrogen and oxygen atoms in total. The molecule has 1 aromatic rings. The van der Waals surface area contributed by atoms with Crippen LogP contribution in [-0.2, 0) is 9.53 Å². The lowest BCUT2D eigenvalue weighted by Crippen LogP contribution is -2.54. The molecule has 116 valence electrons. The van der Waals surface area contributed by atoms with Gasteiger partial charge in [0.25, 0.3) is 11.8 Å². The van der Waals surface area contributed by atoms with Crippen molar-refractivity contribution in [3.63, 3.8) is 0 Å². The predicted octanol–water partition coefficient (Wildman–Crippen LogP) is 1.28. The van der Waals surface area contributed by atoms with E-state index in [4.69, 9.17) is 0 Å². The van der Waals surface area contributed by atoms with E-state index in [2.05, 4.69) is 20.9 Å². The van der Waals surface area contributed by atoms with Gasteiger partial charge >= 0.3 is 6.09 Å². The number of rotatable bonds is 5. The van der Waals surface area contributed by atoms with Crippen LogP contribution in [0.25, 0.3) is 0 Å². The summed E-state index contributed by atoms with van der Waals surface area (Å²) in [5.74, 6) is -0.976. The van der Waals surface area contributed by atoms with Gasteiger partial charge in [-0.3, -0.25) is 15.0 Å². The SMILES string of the molecule is CCOC(=O)NNC(=O)C(NC(=O)c1cccs1)C(C)C. The first-order valence-electron chi connectivity index (χ1n) is 6.52. The summed E-state index contributed by atoms with van der Waals surface area (Å²) in [7, 11) is 0. The molecule has 1 heterocycles. The molecule has 21 heavy (non-hydrogen) atoms. The summed E-state index contributed by atoms with van der Waals surface area (Å²) in [6, 6.07) is 2.67. The Hall–Kier alpha value is -2.09. The smallest absolute Gasteiger partial charge is 0.426 e. The van der Waals surface area contributed by atoms with Gasteiger partial charge < -0.3 is 10.1 Å². The molecule has 0 aliphatic carbocycles. The number of ether oxygens (including phenoxy) is 1. The van der Waals surface area contributed by atoms with Gasteiger partial charge in [0.15, 0.2) is 0 Å². The molecule has 0 saturated carbocycles. The lowest BCUT2D eigenvalue weighted by atomic mass is 10.0. The van der Waals surface area contributed by atoms with E-state index in [0.29, 0.717) is 4.88 Å². The van der Waals surface area contributed by atoms with E-state index in [9.17, 15) is 14.4 Å². The van der Waals surface area contributed by atoms with Crippen LogP contribution in [0, 0.1) is 5.92 Å². The highest BCUT2D eigenvalue weighted by Gasteiger charge is 2.25. The molecule has 0 radical (unpaired) electrons. The average molecular weight is 313 g/mol. The van der Waals surface area contributed by atoms with Gasteiger partial charge in [0.05, 0.1) is 11.5 Å². The van der Waals surface area contributed by atoms with E-state index < -0.39 is 18.0 Å². The quantitative estimate of drug-likeness (QED) is 0.713. The van der Waals surface area contributed by atoms with Gasteiger partial charge in [-0.05, 0) is 24.3 Å². The van der Waals surface area contributed by atoms with E-state index in [1.165, 1.54) is 11.3 Å². The van der Waals surface area contributed by atoms with Crippen molar-refractivity contribution in [3.05, 3.63) is 22.4 Å². The van der Waals surface area contributed by atoms with Crippen LogP contribution in [0.3, 0.4) is 0 Å². The lowest BCUT2D eigenvalue weighted by Gasteiger charge is -2.21. The molecule has 3 N–H and O–H groups in total. The van der Waals surface area contributed by atoms with Crippen LogP contribution in [0.15, 0.2) is 17.5 Å². The zero-order valence-corrected chi connectivity index (χ0v) is 13.0. The molecule has 3 amide bonds. The Balaban J connectivity index is 2.58. The standard InChI is InChI=1S/C13H19N3O4S/c1-4-20-13(19)16-15-12(18)10(8(2)3)14-11(17)9-6-5-7-21-9/h5-8,10H,4H2,1-3H3,(H,14,17)(H,15,18)(H,16,19). The average Bonchev–Trinajstić information content (AvgIpc) is 2.96. The normalized spacial score (nSPS) is 11.6. The summed E-state index contributed by atoms with van der Waals surface area (Å²) >= 11 is 1.29. The summed E-state index contributed by atoms with van der Waals surface area (Å²) < 4.78 is 4.62. The Morgan fingerprint density at radius 1 is 1.29 bits per heavy atom. The predicted molar refractivity (Wildman–Crippen MR) is 78.7 cm³/mol. The third kappa shape index (κ3) is 5.42. The van der Waals surface area contributed by atoms with Gasteiger partial charge in [-0.2, -0.15) is 0 Å². The van der Waals surface area contributed by atoms with E-state index in [1.807, 2.05) is 0 Å². The Kier molecular flexibility index (Phi) is 6.67. The fraction of sp³-hybridized carbons (Fsp3) is 0.462. The third-order valence-electron chi connectivity index (χ3n) is 2.54. The maximum absolute atomic E-state index is 12.0. The summed E-state index contributed by atoms with van der Waals surface area (Å²) in [5, 5.41) is 4.42. The number of hydrogen-bond donors (Lipinski definition) is 3. The fourth-order valence-electron chi connectivity index (χ4n) is 1.51. The number of hydrogen-bond acceptors (Lipinski definition) is 5. The molecule has 1 rings (SSSR count). The molecule has 0 aromatic carbocycles. The second-order valence-electron chi connectivity index (χ2n) is 4.51. The van der Waals surface area contributed by atoms with Crippen molar-refractivity contribution >= 4 is 29.2 Å². The number of nitrogens with one attached hydrogen (secondary N) is 3. The molecule has 0 saturated heterocycles. The Morgan fingerprint density at radius 3 is 2.52 bits per heavy atom. The fourth-order valence-corrected chi connectivity index (χ4v) is 2.14. The second-order valence-corrected chi connectivity index (χ2v) is 5.45. The minimum atomic E-state index is -0.762. The summed E-state index contributed by atoms with van der Waals surface area (Å²) in [6.45, 7) is 5.44. The first-order chi connectivity index (χ1) is 9.95. The van der Waals surface area contributed by atoms with Crippen molar-refractivity contribution in [3.8, 4) is 0 Å². The van der Waals surface area contributed by atoms with Crippen LogP contribution in [0.5, 0.6) is 0 Å². The molecule has 8 heteroatoms. The van der Waals surface area contributed by atoms with Crippen LogP contribution in [0.2, 0.25) is 0 Å². The minimum Gasteiger partial charge on any atom is -0.449 e. The number of carbonyl (C=O) groups excluding carboxylic acids is 3. The van der Waals surface area contributed by atoms with Crippen molar-refractivity contribution in [2.45, 2.75) is 26.8 Å². The van der Waals surface area contributed by atoms with Gasteiger partial charge in [0, 0.05) is 0 Å². The van der Waals surface area contributed by atoms with Gasteiger partial charge in [-0.25, -0.2) is 10.2 Å². The van der Waals surface area contributed by atoms with Crippen molar-refractivity contribution in [1.29, 1.82) is 0 Å². The van der Waals surface area contributed by atoms with E-state index in [0.717, 1.165) is 0 Å². The number of thiophene rings is 1. The lowest BCUT2D eigenvalue weighted by molar-refractivity contribution is -0.124. The zero-order valence-electron chi connectivity index (χ0n) is 12.1. The molecule has 1 aromatic heterocycles. The van der Waals surface area contributed by atoms with Crippen molar-refractivity contribution in [2.24, 2.45) is 5.92 Å². The molecule has 0 bridgehead atoms. The van der Waals surface area contributed by atoms with Gasteiger partial charge in [-0.15, -0.1) is 11.3 Å². The van der Waals surface area contributed by atoms with Gasteiger partial charge in [-0.1, -0.05) is 19.9 Å². The zero-order chi connectivity index (χ0) is 15.8. The number of carbonyl (C=O) groups is 3. The minimum absolute atomic E-state index is 0.141. The van der Waals surface area contributed by atoms with Crippen LogP contribution in [-0.4, -0.2) is 30.6 Å². The third-order valence-corrected chi connectivity index (χ3v) is 3.41. The Bertz CT molecular complexity index is 488. The van der Waals surface area contributed by atoms with E-state index in [1.54, 1.807) is 38.3 Å². The van der Waals surface area contributed by atoms with Crippen molar-refractivity contribution in [2.75, 3.05) is 6.61 Å². The van der Waals surface area contributed by atoms with Gasteiger partial charge in [0.1, 0.15) is 6.04 Å². The topological polar surface area (TPSA) is 96.5 Å². The summed E-state index contributed by atoms with van der Waals surface area (Å²) in [4.78, 5) is 35.6. The molecule has 1 unspecified atom stereocenters. The van der Waals surface area contributed by atoms with Crippen LogP contribution in [0.4, 0.5) is 4.79 Å². The molecule has 0 spiro atoms. The molecular formula is C13H19N3O4S. The van der Waals surface area contributed by atoms with E-state index in [-0.39, 0.29) is 18.4 Å². The maximum atomic E-state index is 12.0. The van der Waals surface area contributed by atoms with Crippen LogP contribution < -0.4 is 16.2 Å². The highest BCUT2D eigenvalue weighted by atomic mass is 32.1.